The van der Waals surface area contributed by atoms with Gasteiger partial charge < -0.3 is 98.4 Å². The molecule has 0 bridgehead atoms. The lowest BCUT2D eigenvalue weighted by atomic mass is 9.41. The Kier molecular flexibility index (Phi) is 16.5. The Morgan fingerprint density at radius 1 is 0.658 bits per heavy atom. The summed E-state index contributed by atoms with van der Waals surface area (Å²) in [6.45, 7) is 16.1. The Morgan fingerprint density at radius 3 is 1.90 bits per heavy atom. The van der Waals surface area contributed by atoms with Gasteiger partial charge in [-0.1, -0.05) is 57.9 Å². The third-order valence-corrected chi connectivity index (χ3v) is 19.9. The SMILES string of the molecule is COC1OC(C=C(C)C)CC1C1CCC2(C)C3=CCC4C(C)(C)C(OC5OC(CO)C(O)C(OC6OCC(O)C(O)C6O)C5OC5OC(C)C(O)C(OC6OCC(O)C(O)C6O)C5O)CCC4(C)C3CCC12C. The maximum Gasteiger partial charge on any atom is 0.187 e. The Bertz CT molecular complexity index is 1970. The number of aliphatic hydroxyl groups excluding tert-OH is 10. The third kappa shape index (κ3) is 9.78. The van der Waals surface area contributed by atoms with Gasteiger partial charge in [-0.3, -0.25) is 0 Å². The minimum absolute atomic E-state index is 0.00528. The Labute approximate surface area is 428 Å². The van der Waals surface area contributed by atoms with Crippen molar-refractivity contribution >= 4 is 0 Å². The van der Waals surface area contributed by atoms with E-state index in [-0.39, 0.29) is 34.6 Å². The Balaban J connectivity index is 0.984. The lowest BCUT2D eigenvalue weighted by Gasteiger charge is -2.65. The first-order valence-corrected chi connectivity index (χ1v) is 26.8. The smallest absolute Gasteiger partial charge is 0.187 e. The number of ether oxygens (including phenoxy) is 10. The molecule has 9 aliphatic rings. The maximum absolute atomic E-state index is 11.9. The maximum atomic E-state index is 11.9. The molecule has 0 radical (unpaired) electrons. The molecular formula is C53H86O20. The quantitative estimate of drug-likeness (QED) is 0.122. The highest BCUT2D eigenvalue weighted by atomic mass is 16.8. The van der Waals surface area contributed by atoms with Gasteiger partial charge in [-0.15, -0.1) is 0 Å². The van der Waals surface area contributed by atoms with Gasteiger partial charge in [0.05, 0.1) is 38.1 Å². The molecule has 28 atom stereocenters. The predicted octanol–water partition coefficient (Wildman–Crippen LogP) is 0.899. The number of aliphatic hydroxyl groups is 10. The number of methoxy groups -OCH3 is 1. The van der Waals surface area contributed by atoms with Gasteiger partial charge in [0.25, 0.3) is 0 Å². The summed E-state index contributed by atoms with van der Waals surface area (Å²) in [5.74, 6) is 1.24. The van der Waals surface area contributed by atoms with Crippen molar-refractivity contribution in [2.75, 3.05) is 26.9 Å². The number of allylic oxidation sites excluding steroid dienone is 3. The van der Waals surface area contributed by atoms with Gasteiger partial charge in [0, 0.05) is 13.0 Å². The van der Waals surface area contributed by atoms with Gasteiger partial charge in [-0.05, 0) is 112 Å². The van der Waals surface area contributed by atoms with Crippen molar-refractivity contribution in [2.45, 2.75) is 236 Å². The third-order valence-electron chi connectivity index (χ3n) is 19.9. The topological polar surface area (TPSA) is 295 Å². The highest BCUT2D eigenvalue weighted by Gasteiger charge is 2.67. The van der Waals surface area contributed by atoms with Gasteiger partial charge in [-0.25, -0.2) is 0 Å². The summed E-state index contributed by atoms with van der Waals surface area (Å²) in [5, 5.41) is 109. The number of hydrogen-bond acceptors (Lipinski definition) is 20. The summed E-state index contributed by atoms with van der Waals surface area (Å²) in [7, 11) is 1.77. The molecule has 5 saturated heterocycles. The lowest BCUT2D eigenvalue weighted by molar-refractivity contribution is -0.400. The summed E-state index contributed by atoms with van der Waals surface area (Å²) in [4.78, 5) is 0. The highest BCUT2D eigenvalue weighted by molar-refractivity contribution is 5.33. The van der Waals surface area contributed by atoms with Gasteiger partial charge in [0.15, 0.2) is 31.5 Å². The first-order chi connectivity index (χ1) is 34.4. The molecule has 9 rings (SSSR count). The molecule has 5 aliphatic heterocycles. The molecule has 8 fully saturated rings. The Hall–Kier alpha value is -1.32. The molecule has 0 aromatic rings. The molecule has 0 spiro atoms. The second-order valence-electron chi connectivity index (χ2n) is 24.6. The molecule has 0 aromatic heterocycles. The van der Waals surface area contributed by atoms with E-state index >= 15 is 0 Å². The molecular weight excluding hydrogens is 957 g/mol. The molecule has 73 heavy (non-hydrogen) atoms. The van der Waals surface area contributed by atoms with E-state index in [9.17, 15) is 51.1 Å². The summed E-state index contributed by atoms with van der Waals surface area (Å²) in [6.07, 6.45) is -16.6. The van der Waals surface area contributed by atoms with Gasteiger partial charge in [0.2, 0.25) is 0 Å². The van der Waals surface area contributed by atoms with Crippen LogP contribution in [-0.4, -0.2) is 207 Å². The van der Waals surface area contributed by atoms with Crippen LogP contribution in [0.5, 0.6) is 0 Å². The van der Waals surface area contributed by atoms with Crippen LogP contribution in [0.15, 0.2) is 23.3 Å². The molecule has 20 nitrogen and oxygen atoms in total. The molecule has 28 unspecified atom stereocenters. The molecule has 4 aliphatic carbocycles. The monoisotopic (exact) mass is 1040 g/mol. The van der Waals surface area contributed by atoms with Crippen molar-refractivity contribution in [1.82, 2.24) is 0 Å². The first-order valence-electron chi connectivity index (χ1n) is 26.8. The normalized spacial score (nSPS) is 54.0. The van der Waals surface area contributed by atoms with E-state index in [1.807, 2.05) is 0 Å². The van der Waals surface area contributed by atoms with E-state index in [1.165, 1.54) is 12.5 Å². The fraction of sp³-hybridized carbons (Fsp3) is 0.925. The van der Waals surface area contributed by atoms with Crippen LogP contribution in [0.3, 0.4) is 0 Å². The van der Waals surface area contributed by atoms with Crippen molar-refractivity contribution in [3.8, 4) is 0 Å². The fourth-order valence-electron chi connectivity index (χ4n) is 15.6. The van der Waals surface area contributed by atoms with Crippen LogP contribution in [0.1, 0.15) is 107 Å². The molecule has 20 heteroatoms. The average molecular weight is 1040 g/mol. The van der Waals surface area contributed by atoms with E-state index in [0.29, 0.717) is 24.2 Å². The van der Waals surface area contributed by atoms with E-state index in [4.69, 9.17) is 47.4 Å². The van der Waals surface area contributed by atoms with Crippen LogP contribution in [0.4, 0.5) is 0 Å². The van der Waals surface area contributed by atoms with E-state index in [2.05, 4.69) is 60.6 Å². The number of fused-ring (bicyclic) bond motifs is 5. The van der Waals surface area contributed by atoms with Crippen molar-refractivity contribution in [3.05, 3.63) is 23.3 Å². The van der Waals surface area contributed by atoms with E-state index in [1.54, 1.807) is 12.7 Å². The minimum atomic E-state index is -1.84. The van der Waals surface area contributed by atoms with Crippen LogP contribution in [0.25, 0.3) is 0 Å². The summed E-state index contributed by atoms with van der Waals surface area (Å²) in [5.41, 5.74) is 2.28. The average Bonchev–Trinajstić information content (AvgIpc) is 3.87. The van der Waals surface area contributed by atoms with Crippen molar-refractivity contribution in [3.63, 3.8) is 0 Å². The van der Waals surface area contributed by atoms with Crippen LogP contribution >= 0.6 is 0 Å². The molecule has 0 aromatic carbocycles. The summed E-state index contributed by atoms with van der Waals surface area (Å²) < 4.78 is 61.8. The van der Waals surface area contributed by atoms with Crippen molar-refractivity contribution < 1.29 is 98.4 Å². The minimum Gasteiger partial charge on any atom is -0.394 e. The van der Waals surface area contributed by atoms with Crippen molar-refractivity contribution in [1.29, 1.82) is 0 Å². The van der Waals surface area contributed by atoms with Crippen LogP contribution in [0, 0.1) is 45.3 Å². The summed E-state index contributed by atoms with van der Waals surface area (Å²) in [6, 6.07) is 0. The first kappa shape index (κ1) is 56.4. The van der Waals surface area contributed by atoms with Gasteiger partial charge in [0.1, 0.15) is 79.4 Å². The predicted molar refractivity (Wildman–Crippen MR) is 255 cm³/mol. The summed E-state index contributed by atoms with van der Waals surface area (Å²) >= 11 is 0. The van der Waals surface area contributed by atoms with Crippen LogP contribution < -0.4 is 0 Å². The second-order valence-corrected chi connectivity index (χ2v) is 24.6. The fourth-order valence-corrected chi connectivity index (χ4v) is 15.6. The molecule has 0 amide bonds. The molecule has 10 N–H and O–H groups in total. The van der Waals surface area contributed by atoms with Gasteiger partial charge in [-0.2, -0.15) is 0 Å². The number of rotatable bonds is 12. The second kappa shape index (κ2) is 21.4. The van der Waals surface area contributed by atoms with Crippen molar-refractivity contribution in [2.24, 2.45) is 45.3 Å². The molecule has 3 saturated carbocycles. The highest BCUT2D eigenvalue weighted by Crippen LogP contribution is 2.74. The zero-order valence-corrected chi connectivity index (χ0v) is 43.9. The van der Waals surface area contributed by atoms with E-state index < -0.39 is 142 Å². The van der Waals surface area contributed by atoms with Gasteiger partial charge >= 0.3 is 0 Å². The number of hydrogen-bond donors (Lipinski definition) is 10. The van der Waals surface area contributed by atoms with E-state index in [0.717, 1.165) is 44.9 Å². The Morgan fingerprint density at radius 2 is 1.29 bits per heavy atom. The standard InChI is InChI=1S/C53H86O20/c1-23(2)18-25-19-26(45(64-9)68-25)27-12-16-53(8)29-10-11-33-50(4,5)34(14-15-51(33,6)28(29)13-17-52(27,53)7)70-49-44(43(38(60)32(20-54)69-49)72-47-40(62)37(59)31(56)22-66-47)73-48-41(63)42(35(57)24(3)67-48)71-46-39(61)36(58)30(55)21-65-46/h10,18,24-28,30-49,54-63H,11-17,19-22H2,1-9H3. The zero-order valence-electron chi connectivity index (χ0n) is 43.9. The van der Waals surface area contributed by atoms with Crippen LogP contribution in [-0.2, 0) is 47.4 Å². The largest absolute Gasteiger partial charge is 0.394 e. The zero-order chi connectivity index (χ0) is 52.9. The lowest BCUT2D eigenvalue weighted by Crippen LogP contribution is -2.67. The van der Waals surface area contributed by atoms with Crippen LogP contribution in [0.2, 0.25) is 0 Å². The molecule has 418 valence electrons. The molecule has 5 heterocycles.